The van der Waals surface area contributed by atoms with Crippen molar-refractivity contribution < 1.29 is 0 Å². The lowest BCUT2D eigenvalue weighted by Gasteiger charge is -2.44. The Bertz CT molecular complexity index is 333. The van der Waals surface area contributed by atoms with Crippen molar-refractivity contribution in [1.82, 2.24) is 15.3 Å². The van der Waals surface area contributed by atoms with E-state index in [-0.39, 0.29) is 11.6 Å². The van der Waals surface area contributed by atoms with E-state index in [4.69, 9.17) is 5.84 Å². The zero-order valence-electron chi connectivity index (χ0n) is 12.0. The Labute approximate surface area is 111 Å². The van der Waals surface area contributed by atoms with E-state index in [2.05, 4.69) is 49.3 Å². The molecule has 0 aliphatic carbocycles. The molecule has 0 saturated carbocycles. The fourth-order valence-electron chi connectivity index (χ4n) is 2.82. The molecule has 1 rings (SSSR count). The number of hydrazine groups is 1. The quantitative estimate of drug-likeness (QED) is 0.570. The number of nitrogens with one attached hydrogen (secondary N) is 1. The van der Waals surface area contributed by atoms with Crippen molar-refractivity contribution in [2.45, 2.75) is 44.7 Å². The van der Waals surface area contributed by atoms with E-state index in [1.807, 2.05) is 18.3 Å². The number of pyridine rings is 1. The zero-order chi connectivity index (χ0) is 13.6. The summed E-state index contributed by atoms with van der Waals surface area (Å²) in [6.45, 7) is 4.43. The van der Waals surface area contributed by atoms with Gasteiger partial charge in [-0.3, -0.25) is 16.3 Å². The third-order valence-corrected chi connectivity index (χ3v) is 4.10. The molecule has 0 amide bonds. The first-order chi connectivity index (χ1) is 8.60. The molecule has 0 aliphatic heterocycles. The van der Waals surface area contributed by atoms with Gasteiger partial charge in [0.2, 0.25) is 0 Å². The molecule has 1 aromatic rings. The summed E-state index contributed by atoms with van der Waals surface area (Å²) in [6.07, 6.45) is 4.78. The topological polar surface area (TPSA) is 54.2 Å². The highest BCUT2D eigenvalue weighted by Crippen LogP contribution is 2.27. The fraction of sp³-hybridized carbons (Fsp3) is 0.643. The SMILES string of the molecule is CCC(CC)(C(Cc1ccccn1)NN)N(C)C. The molecule has 0 fully saturated rings. The van der Waals surface area contributed by atoms with Gasteiger partial charge in [-0.05, 0) is 39.1 Å². The lowest BCUT2D eigenvalue weighted by molar-refractivity contribution is 0.0878. The van der Waals surface area contributed by atoms with E-state index in [0.717, 1.165) is 25.0 Å². The van der Waals surface area contributed by atoms with Crippen molar-refractivity contribution in [2.24, 2.45) is 5.84 Å². The molecule has 0 radical (unpaired) electrons. The molecule has 1 heterocycles. The Morgan fingerprint density at radius 3 is 2.39 bits per heavy atom. The molecule has 0 spiro atoms. The van der Waals surface area contributed by atoms with Crippen molar-refractivity contribution in [3.8, 4) is 0 Å². The lowest BCUT2D eigenvalue weighted by atomic mass is 9.81. The van der Waals surface area contributed by atoms with Gasteiger partial charge < -0.3 is 4.90 Å². The van der Waals surface area contributed by atoms with Gasteiger partial charge in [0.1, 0.15) is 0 Å². The number of aromatic nitrogens is 1. The molecule has 4 nitrogen and oxygen atoms in total. The van der Waals surface area contributed by atoms with Crippen LogP contribution in [0.15, 0.2) is 24.4 Å². The van der Waals surface area contributed by atoms with Crippen LogP contribution in [0.2, 0.25) is 0 Å². The van der Waals surface area contributed by atoms with Crippen LogP contribution in [0.25, 0.3) is 0 Å². The van der Waals surface area contributed by atoms with E-state index in [1.165, 1.54) is 0 Å². The molecule has 0 saturated heterocycles. The Hall–Kier alpha value is -0.970. The smallest absolute Gasteiger partial charge is 0.0449 e. The lowest BCUT2D eigenvalue weighted by Crippen LogP contribution is -2.61. The molecule has 1 atom stereocenters. The predicted octanol–water partition coefficient (Wildman–Crippen LogP) is 1.58. The molecule has 4 heteroatoms. The fourth-order valence-corrected chi connectivity index (χ4v) is 2.82. The van der Waals surface area contributed by atoms with Crippen LogP contribution in [-0.4, -0.2) is 35.6 Å². The largest absolute Gasteiger partial charge is 0.302 e. The highest BCUT2D eigenvalue weighted by atomic mass is 15.3. The van der Waals surface area contributed by atoms with Crippen molar-refractivity contribution in [3.63, 3.8) is 0 Å². The number of likely N-dealkylation sites (N-methyl/N-ethyl adjacent to an activating group) is 1. The van der Waals surface area contributed by atoms with Gasteiger partial charge in [0.25, 0.3) is 0 Å². The number of hydrogen-bond donors (Lipinski definition) is 2. The Morgan fingerprint density at radius 2 is 2.00 bits per heavy atom. The minimum absolute atomic E-state index is 0.0618. The second-order valence-corrected chi connectivity index (χ2v) is 4.95. The van der Waals surface area contributed by atoms with Crippen LogP contribution in [-0.2, 0) is 6.42 Å². The molecular formula is C14H26N4. The molecule has 0 bridgehead atoms. The number of nitrogens with zero attached hydrogens (tertiary/aromatic N) is 2. The standard InChI is InChI=1S/C14H26N4/c1-5-14(6-2,18(3)4)13(17-15)11-12-9-7-8-10-16-12/h7-10,13,17H,5-6,11,15H2,1-4H3. The zero-order valence-corrected chi connectivity index (χ0v) is 12.0. The number of rotatable bonds is 7. The molecule has 102 valence electrons. The molecule has 18 heavy (non-hydrogen) atoms. The summed E-state index contributed by atoms with van der Waals surface area (Å²) in [6, 6.07) is 6.20. The van der Waals surface area contributed by atoms with Gasteiger partial charge >= 0.3 is 0 Å². The summed E-state index contributed by atoms with van der Waals surface area (Å²) in [5, 5.41) is 0. The van der Waals surface area contributed by atoms with E-state index >= 15 is 0 Å². The Morgan fingerprint density at radius 1 is 1.33 bits per heavy atom. The van der Waals surface area contributed by atoms with Crippen LogP contribution >= 0.6 is 0 Å². The van der Waals surface area contributed by atoms with Gasteiger partial charge in [-0.25, -0.2) is 0 Å². The Balaban J connectivity index is 2.93. The van der Waals surface area contributed by atoms with Crippen molar-refractivity contribution >= 4 is 0 Å². The second kappa shape index (κ2) is 6.83. The molecular weight excluding hydrogens is 224 g/mol. The summed E-state index contributed by atoms with van der Waals surface area (Å²) < 4.78 is 0. The third kappa shape index (κ3) is 3.07. The summed E-state index contributed by atoms with van der Waals surface area (Å²) in [5.74, 6) is 5.79. The summed E-state index contributed by atoms with van der Waals surface area (Å²) in [5.41, 5.74) is 4.13. The highest BCUT2D eigenvalue weighted by Gasteiger charge is 2.37. The van der Waals surface area contributed by atoms with Crippen molar-refractivity contribution in [3.05, 3.63) is 30.1 Å². The molecule has 0 aliphatic rings. The van der Waals surface area contributed by atoms with Crippen LogP contribution < -0.4 is 11.3 Å². The van der Waals surface area contributed by atoms with Crippen molar-refractivity contribution in [2.75, 3.05) is 14.1 Å². The minimum atomic E-state index is 0.0618. The molecule has 1 unspecified atom stereocenters. The highest BCUT2D eigenvalue weighted by molar-refractivity contribution is 5.09. The normalized spacial score (nSPS) is 13.9. The molecule has 1 aromatic heterocycles. The van der Waals surface area contributed by atoms with E-state index in [9.17, 15) is 0 Å². The average Bonchev–Trinajstić information content (AvgIpc) is 2.40. The second-order valence-electron chi connectivity index (χ2n) is 4.95. The van der Waals surface area contributed by atoms with Gasteiger partial charge in [0, 0.05) is 29.9 Å². The first-order valence-corrected chi connectivity index (χ1v) is 6.64. The van der Waals surface area contributed by atoms with Crippen LogP contribution in [0, 0.1) is 0 Å². The van der Waals surface area contributed by atoms with Crippen molar-refractivity contribution in [1.29, 1.82) is 0 Å². The summed E-state index contributed by atoms with van der Waals surface area (Å²) in [4.78, 5) is 6.67. The van der Waals surface area contributed by atoms with Crippen LogP contribution in [0.4, 0.5) is 0 Å². The first-order valence-electron chi connectivity index (χ1n) is 6.64. The maximum Gasteiger partial charge on any atom is 0.0449 e. The average molecular weight is 250 g/mol. The predicted molar refractivity (Wildman–Crippen MR) is 76.1 cm³/mol. The van der Waals surface area contributed by atoms with Gasteiger partial charge in [-0.15, -0.1) is 0 Å². The summed E-state index contributed by atoms with van der Waals surface area (Å²) >= 11 is 0. The monoisotopic (exact) mass is 250 g/mol. The molecule has 0 aromatic carbocycles. The minimum Gasteiger partial charge on any atom is -0.302 e. The number of hydrogen-bond acceptors (Lipinski definition) is 4. The van der Waals surface area contributed by atoms with E-state index < -0.39 is 0 Å². The Kier molecular flexibility index (Phi) is 5.72. The number of nitrogens with two attached hydrogens (primary N) is 1. The van der Waals surface area contributed by atoms with Crippen LogP contribution in [0.3, 0.4) is 0 Å². The third-order valence-electron chi connectivity index (χ3n) is 4.10. The van der Waals surface area contributed by atoms with E-state index in [0.29, 0.717) is 0 Å². The van der Waals surface area contributed by atoms with E-state index in [1.54, 1.807) is 0 Å². The maximum atomic E-state index is 5.79. The summed E-state index contributed by atoms with van der Waals surface area (Å²) in [7, 11) is 4.24. The first kappa shape index (κ1) is 15.1. The van der Waals surface area contributed by atoms with Crippen LogP contribution in [0.1, 0.15) is 32.4 Å². The maximum absolute atomic E-state index is 5.79. The molecule has 3 N–H and O–H groups in total. The van der Waals surface area contributed by atoms with Gasteiger partial charge in [-0.2, -0.15) is 0 Å². The van der Waals surface area contributed by atoms with Gasteiger partial charge in [-0.1, -0.05) is 19.9 Å². The van der Waals surface area contributed by atoms with Gasteiger partial charge in [0.15, 0.2) is 0 Å². The van der Waals surface area contributed by atoms with Gasteiger partial charge in [0.05, 0.1) is 0 Å². The van der Waals surface area contributed by atoms with Crippen LogP contribution in [0.5, 0.6) is 0 Å².